The maximum absolute atomic E-state index is 11.3. The summed E-state index contributed by atoms with van der Waals surface area (Å²) in [6, 6.07) is 7.22. The van der Waals surface area contributed by atoms with Crippen LogP contribution in [0.3, 0.4) is 0 Å². The third-order valence-corrected chi connectivity index (χ3v) is 3.27. The summed E-state index contributed by atoms with van der Waals surface area (Å²) in [7, 11) is 3.35. The van der Waals surface area contributed by atoms with Crippen LogP contribution in [0.4, 0.5) is 23.1 Å². The predicted octanol–water partition coefficient (Wildman–Crippen LogP) is 1.34. The van der Waals surface area contributed by atoms with Gasteiger partial charge in [-0.2, -0.15) is 4.98 Å². The zero-order valence-corrected chi connectivity index (χ0v) is 13.1. The molecule has 0 bridgehead atoms. The zero-order chi connectivity index (χ0) is 17.0. The Labute approximate surface area is 133 Å². The number of primary amides is 1. The first kappa shape index (κ1) is 16.2. The lowest BCUT2D eigenvalue weighted by atomic mass is 10.2. The number of anilines is 4. The number of carbonyl (C=O) groups excluding carboxylic acids is 2. The largest absolute Gasteiger partial charge is 0.372 e. The van der Waals surface area contributed by atoms with Crippen LogP contribution in [-0.2, 0) is 4.79 Å². The van der Waals surface area contributed by atoms with E-state index < -0.39 is 5.91 Å². The summed E-state index contributed by atoms with van der Waals surface area (Å²) in [5, 5.41) is 5.83. The van der Waals surface area contributed by atoms with Crippen molar-refractivity contribution >= 4 is 35.0 Å². The van der Waals surface area contributed by atoms with E-state index in [1.807, 2.05) is 0 Å². The number of hydrogen-bond donors (Lipinski definition) is 3. The summed E-state index contributed by atoms with van der Waals surface area (Å²) < 4.78 is 0. The van der Waals surface area contributed by atoms with Crippen LogP contribution < -0.4 is 21.3 Å². The van der Waals surface area contributed by atoms with E-state index in [9.17, 15) is 9.59 Å². The van der Waals surface area contributed by atoms with Crippen LogP contribution in [0.15, 0.2) is 30.5 Å². The summed E-state index contributed by atoms with van der Waals surface area (Å²) in [6.45, 7) is 1.50. The molecule has 120 valence electrons. The molecular formula is C15H18N6O2. The van der Waals surface area contributed by atoms with Crippen molar-refractivity contribution in [3.63, 3.8) is 0 Å². The molecule has 1 heterocycles. The monoisotopic (exact) mass is 314 g/mol. The maximum atomic E-state index is 11.3. The highest BCUT2D eigenvalue weighted by molar-refractivity contribution is 5.97. The van der Waals surface area contributed by atoms with E-state index in [-0.39, 0.29) is 11.5 Å². The fourth-order valence-electron chi connectivity index (χ4n) is 1.89. The Bertz CT molecular complexity index is 729. The Morgan fingerprint density at radius 2 is 1.87 bits per heavy atom. The first-order chi connectivity index (χ1) is 10.9. The molecule has 0 saturated heterocycles. The fraction of sp³-hybridized carbons (Fsp3) is 0.200. The molecule has 0 unspecified atom stereocenters. The summed E-state index contributed by atoms with van der Waals surface area (Å²) in [6.07, 6.45) is 1.36. The molecule has 0 aliphatic heterocycles. The smallest absolute Gasteiger partial charge is 0.254 e. The Kier molecular flexibility index (Phi) is 4.75. The highest BCUT2D eigenvalue weighted by atomic mass is 16.2. The van der Waals surface area contributed by atoms with Gasteiger partial charge in [0.2, 0.25) is 11.9 Å². The summed E-state index contributed by atoms with van der Waals surface area (Å²) >= 11 is 0. The molecule has 23 heavy (non-hydrogen) atoms. The minimum absolute atomic E-state index is 0.0465. The van der Waals surface area contributed by atoms with Crippen molar-refractivity contribution in [1.29, 1.82) is 0 Å². The van der Waals surface area contributed by atoms with Crippen LogP contribution in [0, 0.1) is 0 Å². The second kappa shape index (κ2) is 6.73. The van der Waals surface area contributed by atoms with E-state index in [0.29, 0.717) is 11.8 Å². The van der Waals surface area contributed by atoms with Crippen LogP contribution in [0.1, 0.15) is 17.3 Å². The third-order valence-electron chi connectivity index (χ3n) is 3.27. The second-order valence-electron chi connectivity index (χ2n) is 4.82. The van der Waals surface area contributed by atoms with Gasteiger partial charge >= 0.3 is 0 Å². The molecule has 0 radical (unpaired) electrons. The molecule has 0 aliphatic rings. The third kappa shape index (κ3) is 3.73. The number of nitrogens with two attached hydrogens (primary N) is 1. The van der Waals surface area contributed by atoms with Crippen molar-refractivity contribution in [2.24, 2.45) is 5.73 Å². The fourth-order valence-corrected chi connectivity index (χ4v) is 1.89. The van der Waals surface area contributed by atoms with Crippen LogP contribution in [0.2, 0.25) is 0 Å². The molecule has 0 spiro atoms. The average Bonchev–Trinajstić information content (AvgIpc) is 2.54. The van der Waals surface area contributed by atoms with Gasteiger partial charge in [-0.3, -0.25) is 9.59 Å². The van der Waals surface area contributed by atoms with Crippen molar-refractivity contribution in [3.05, 3.63) is 36.0 Å². The molecule has 0 atom stereocenters. The Hall–Kier alpha value is -3.16. The SMILES string of the molecule is CNc1nc(Nc2ccc(N(C)C(C)=O)cc2)ncc1C(N)=O. The van der Waals surface area contributed by atoms with E-state index in [2.05, 4.69) is 20.6 Å². The molecular weight excluding hydrogens is 296 g/mol. The van der Waals surface area contributed by atoms with Crippen molar-refractivity contribution in [3.8, 4) is 0 Å². The summed E-state index contributed by atoms with van der Waals surface area (Å²) in [5.74, 6) is 0.0298. The molecule has 2 amide bonds. The number of hydrogen-bond acceptors (Lipinski definition) is 6. The molecule has 8 heteroatoms. The molecule has 1 aromatic carbocycles. The highest BCUT2D eigenvalue weighted by Crippen LogP contribution is 2.20. The maximum Gasteiger partial charge on any atom is 0.254 e. The van der Waals surface area contributed by atoms with E-state index in [0.717, 1.165) is 11.4 Å². The summed E-state index contributed by atoms with van der Waals surface area (Å²) in [5.41, 5.74) is 7.00. The van der Waals surface area contributed by atoms with Crippen molar-refractivity contribution in [1.82, 2.24) is 9.97 Å². The van der Waals surface area contributed by atoms with Gasteiger partial charge in [0.05, 0.1) is 5.56 Å². The summed E-state index contributed by atoms with van der Waals surface area (Å²) in [4.78, 5) is 32.4. The lowest BCUT2D eigenvalue weighted by molar-refractivity contribution is -0.116. The molecule has 1 aromatic heterocycles. The zero-order valence-electron chi connectivity index (χ0n) is 13.1. The van der Waals surface area contributed by atoms with E-state index >= 15 is 0 Å². The van der Waals surface area contributed by atoms with Crippen LogP contribution in [-0.4, -0.2) is 35.9 Å². The van der Waals surface area contributed by atoms with Gasteiger partial charge in [-0.25, -0.2) is 4.98 Å². The molecule has 8 nitrogen and oxygen atoms in total. The number of aromatic nitrogens is 2. The number of amides is 2. The van der Waals surface area contributed by atoms with Gasteiger partial charge in [-0.05, 0) is 24.3 Å². The molecule has 0 fully saturated rings. The van der Waals surface area contributed by atoms with E-state index in [1.54, 1.807) is 43.3 Å². The van der Waals surface area contributed by atoms with Gasteiger partial charge in [-0.15, -0.1) is 0 Å². The Morgan fingerprint density at radius 1 is 1.22 bits per heavy atom. The molecule has 2 aromatic rings. The number of carbonyl (C=O) groups is 2. The van der Waals surface area contributed by atoms with Crippen molar-refractivity contribution in [2.75, 3.05) is 29.6 Å². The predicted molar refractivity (Wildman–Crippen MR) is 88.9 cm³/mol. The number of rotatable bonds is 5. The number of nitrogens with zero attached hydrogens (tertiary/aromatic N) is 3. The first-order valence-corrected chi connectivity index (χ1v) is 6.88. The highest BCUT2D eigenvalue weighted by Gasteiger charge is 2.11. The van der Waals surface area contributed by atoms with Gasteiger partial charge < -0.3 is 21.3 Å². The van der Waals surface area contributed by atoms with Crippen molar-refractivity contribution < 1.29 is 9.59 Å². The van der Waals surface area contributed by atoms with Gasteiger partial charge in [0, 0.05) is 38.6 Å². The van der Waals surface area contributed by atoms with Gasteiger partial charge in [0.15, 0.2) is 0 Å². The minimum Gasteiger partial charge on any atom is -0.372 e. The van der Waals surface area contributed by atoms with Crippen LogP contribution >= 0.6 is 0 Å². The number of benzene rings is 1. The molecule has 2 rings (SSSR count). The van der Waals surface area contributed by atoms with Gasteiger partial charge in [0.25, 0.3) is 5.91 Å². The lowest BCUT2D eigenvalue weighted by Gasteiger charge is -2.15. The quantitative estimate of drug-likeness (QED) is 0.767. The molecule has 0 saturated carbocycles. The lowest BCUT2D eigenvalue weighted by Crippen LogP contribution is -2.22. The average molecular weight is 314 g/mol. The standard InChI is InChI=1S/C15H18N6O2/c1-9(22)21(3)11-6-4-10(5-7-11)19-15-18-8-12(13(16)23)14(17-2)20-15/h4-8H,1-3H3,(H2,16,23)(H2,17,18,19,20). The topological polar surface area (TPSA) is 113 Å². The van der Waals surface area contributed by atoms with Crippen LogP contribution in [0.5, 0.6) is 0 Å². The second-order valence-corrected chi connectivity index (χ2v) is 4.82. The van der Waals surface area contributed by atoms with E-state index in [1.165, 1.54) is 13.1 Å². The van der Waals surface area contributed by atoms with Gasteiger partial charge in [0.1, 0.15) is 5.82 Å². The minimum atomic E-state index is -0.600. The Morgan fingerprint density at radius 3 is 2.39 bits per heavy atom. The van der Waals surface area contributed by atoms with Crippen molar-refractivity contribution in [2.45, 2.75) is 6.92 Å². The number of nitrogens with one attached hydrogen (secondary N) is 2. The first-order valence-electron chi connectivity index (χ1n) is 6.88. The molecule has 4 N–H and O–H groups in total. The normalized spacial score (nSPS) is 10.0. The Balaban J connectivity index is 2.19. The van der Waals surface area contributed by atoms with Crippen LogP contribution in [0.25, 0.3) is 0 Å². The van der Waals surface area contributed by atoms with E-state index in [4.69, 9.17) is 5.73 Å². The molecule has 0 aliphatic carbocycles. The van der Waals surface area contributed by atoms with Gasteiger partial charge in [-0.1, -0.05) is 0 Å².